The third-order valence-electron chi connectivity index (χ3n) is 8.15. The molecule has 2 unspecified atom stereocenters. The number of unbranched alkanes of at least 4 members (excludes halogenated alkanes) is 1. The summed E-state index contributed by atoms with van der Waals surface area (Å²) >= 11 is 1.95. The zero-order valence-electron chi connectivity index (χ0n) is 24.7. The van der Waals surface area contributed by atoms with Gasteiger partial charge in [0.05, 0.1) is 6.04 Å². The number of carbonyl (C=O) groups excluding carboxylic acids is 2. The monoisotopic (exact) mass is 571 g/mol. The van der Waals surface area contributed by atoms with Gasteiger partial charge in [-0.15, -0.1) is 18.3 Å². The molecule has 1 saturated heterocycles. The lowest BCUT2D eigenvalue weighted by molar-refractivity contribution is -0.144. The molecule has 0 radical (unpaired) electrons. The number of benzene rings is 1. The molecule has 2 heterocycles. The van der Waals surface area contributed by atoms with Crippen LogP contribution in [-0.4, -0.2) is 78.0 Å². The molecule has 0 spiro atoms. The van der Waals surface area contributed by atoms with Crippen LogP contribution >= 0.6 is 11.8 Å². The van der Waals surface area contributed by atoms with Crippen LogP contribution < -0.4 is 0 Å². The topological polar surface area (TPSA) is 43.9 Å². The molecule has 1 aromatic rings. The Morgan fingerprint density at radius 1 is 1.17 bits per heavy atom. The molecule has 0 aromatic heterocycles. The van der Waals surface area contributed by atoms with Crippen LogP contribution in [0.2, 0.25) is 0 Å². The number of rotatable bonds is 13. The lowest BCUT2D eigenvalue weighted by Gasteiger charge is -2.42. The number of amides is 1. The molecule has 5 nitrogen and oxygen atoms in total. The van der Waals surface area contributed by atoms with E-state index in [1.54, 1.807) is 0 Å². The minimum absolute atomic E-state index is 0.0492. The molecule has 218 valence electrons. The fraction of sp³-hybridized carbons (Fsp3) is 0.429. The predicted molar refractivity (Wildman–Crippen MR) is 173 cm³/mol. The molecule has 4 rings (SSSR count). The average molecular weight is 572 g/mol. The van der Waals surface area contributed by atoms with E-state index in [-0.39, 0.29) is 11.9 Å². The molecule has 1 amide bonds. The van der Waals surface area contributed by atoms with Crippen molar-refractivity contribution in [2.45, 2.75) is 57.7 Å². The maximum absolute atomic E-state index is 14.2. The van der Waals surface area contributed by atoms with E-state index in [1.807, 2.05) is 60.1 Å². The van der Waals surface area contributed by atoms with Gasteiger partial charge >= 0.3 is 0 Å². The van der Waals surface area contributed by atoms with E-state index in [1.165, 1.54) is 27.2 Å². The van der Waals surface area contributed by atoms with Crippen molar-refractivity contribution in [2.24, 2.45) is 0 Å². The van der Waals surface area contributed by atoms with Gasteiger partial charge < -0.3 is 9.69 Å². The number of carbonyl (C=O) groups is 2. The Kier molecular flexibility index (Phi) is 12.0. The Labute approximate surface area is 251 Å². The van der Waals surface area contributed by atoms with Crippen molar-refractivity contribution in [3.63, 3.8) is 0 Å². The molecular weight excluding hydrogens is 526 g/mol. The first kappa shape index (κ1) is 31.0. The van der Waals surface area contributed by atoms with Gasteiger partial charge in [-0.1, -0.05) is 85.4 Å². The molecule has 1 aromatic carbocycles. The van der Waals surface area contributed by atoms with Crippen molar-refractivity contribution in [3.8, 4) is 0 Å². The normalized spacial score (nSPS) is 21.3. The van der Waals surface area contributed by atoms with Gasteiger partial charge in [-0.05, 0) is 60.8 Å². The van der Waals surface area contributed by atoms with Crippen LogP contribution in [0.4, 0.5) is 0 Å². The van der Waals surface area contributed by atoms with Crippen LogP contribution in [0.25, 0.3) is 0 Å². The fourth-order valence-corrected chi connectivity index (χ4v) is 7.03. The summed E-state index contributed by atoms with van der Waals surface area (Å²) in [4.78, 5) is 34.5. The summed E-state index contributed by atoms with van der Waals surface area (Å²) in [6.07, 6.45) is 20.2. The molecule has 2 aliphatic heterocycles. The second kappa shape index (κ2) is 15.9. The van der Waals surface area contributed by atoms with E-state index in [4.69, 9.17) is 0 Å². The van der Waals surface area contributed by atoms with Crippen molar-refractivity contribution in [1.29, 1.82) is 0 Å². The molecule has 2 atom stereocenters. The number of hydrogen-bond acceptors (Lipinski definition) is 5. The van der Waals surface area contributed by atoms with Crippen LogP contribution in [0.5, 0.6) is 0 Å². The van der Waals surface area contributed by atoms with Gasteiger partial charge in [0.25, 0.3) is 0 Å². The number of thioether (sulfide) groups is 1. The Morgan fingerprint density at radius 3 is 2.76 bits per heavy atom. The standard InChI is InChI=1S/C35H45N3O2S/c1-4-6-10-19-30-27-41-34(5-2)32(30)25-37-20-21-38(31(24-37)26-39)35(40)33(22-28-15-11-7-8-12-16-28)36(3)23-29-17-13-9-14-18-29/h4,7-9,11-15,17-19,26,31,33H,1,5-6,10,16,20-25,27H2,2-3H3/b30-19+. The average Bonchev–Trinajstić information content (AvgIpc) is 3.18. The van der Waals surface area contributed by atoms with Gasteiger partial charge in [0.1, 0.15) is 12.3 Å². The minimum Gasteiger partial charge on any atom is -0.329 e. The van der Waals surface area contributed by atoms with E-state index in [9.17, 15) is 9.59 Å². The van der Waals surface area contributed by atoms with Crippen LogP contribution in [0, 0.1) is 0 Å². The van der Waals surface area contributed by atoms with Crippen molar-refractivity contribution in [2.75, 3.05) is 39.0 Å². The van der Waals surface area contributed by atoms with Crippen molar-refractivity contribution in [1.82, 2.24) is 14.7 Å². The van der Waals surface area contributed by atoms with Gasteiger partial charge in [-0.3, -0.25) is 14.6 Å². The van der Waals surface area contributed by atoms with Crippen molar-refractivity contribution >= 4 is 24.0 Å². The van der Waals surface area contributed by atoms with E-state index in [0.29, 0.717) is 26.1 Å². The Bertz CT molecular complexity index is 1210. The van der Waals surface area contributed by atoms with E-state index < -0.39 is 6.04 Å². The highest BCUT2D eigenvalue weighted by Crippen LogP contribution is 2.38. The first-order valence-electron chi connectivity index (χ1n) is 14.9. The molecule has 1 aliphatic carbocycles. The number of allylic oxidation sites excluding steroid dienone is 8. The summed E-state index contributed by atoms with van der Waals surface area (Å²) in [7, 11) is 2.03. The Morgan fingerprint density at radius 2 is 2.00 bits per heavy atom. The summed E-state index contributed by atoms with van der Waals surface area (Å²) in [6, 6.07) is 9.50. The van der Waals surface area contributed by atoms with Crippen LogP contribution in [-0.2, 0) is 16.1 Å². The molecule has 0 bridgehead atoms. The number of piperazine rings is 1. The number of hydrogen-bond donors (Lipinski definition) is 0. The lowest BCUT2D eigenvalue weighted by atomic mass is 9.98. The van der Waals surface area contributed by atoms with E-state index in [0.717, 1.165) is 50.8 Å². The largest absolute Gasteiger partial charge is 0.329 e. The molecule has 41 heavy (non-hydrogen) atoms. The first-order valence-corrected chi connectivity index (χ1v) is 15.9. The number of likely N-dealkylation sites (N-methyl/N-ethyl adjacent to an activating group) is 1. The maximum Gasteiger partial charge on any atom is 0.240 e. The Hall–Kier alpha value is -2.93. The van der Waals surface area contributed by atoms with Crippen LogP contribution in [0.1, 0.15) is 44.6 Å². The van der Waals surface area contributed by atoms with Gasteiger partial charge in [0.15, 0.2) is 0 Å². The second-order valence-electron chi connectivity index (χ2n) is 11.1. The molecule has 0 N–H and O–H groups in total. The smallest absolute Gasteiger partial charge is 0.240 e. The molecule has 3 aliphatic rings. The first-order chi connectivity index (χ1) is 20.0. The fourth-order valence-electron chi connectivity index (χ4n) is 5.83. The Balaban J connectivity index is 1.48. The summed E-state index contributed by atoms with van der Waals surface area (Å²) in [5.41, 5.74) is 5.25. The number of aldehydes is 1. The van der Waals surface area contributed by atoms with Crippen LogP contribution in [0.15, 0.2) is 101 Å². The SMILES string of the molecule is C=CCC/C=C1\CSC(CC)=C1CN1CCN(C(=O)C(CC2=CC=CC=CC2)N(C)Cc2ccccc2)C(C=O)C1. The van der Waals surface area contributed by atoms with Gasteiger partial charge in [-0.25, -0.2) is 0 Å². The molecule has 0 saturated carbocycles. The van der Waals surface area contributed by atoms with Crippen molar-refractivity contribution < 1.29 is 9.59 Å². The second-order valence-corrected chi connectivity index (χ2v) is 12.1. The number of nitrogens with zero attached hydrogens (tertiary/aromatic N) is 3. The van der Waals surface area contributed by atoms with Crippen LogP contribution in [0.3, 0.4) is 0 Å². The molecule has 1 fully saturated rings. The maximum atomic E-state index is 14.2. The third kappa shape index (κ3) is 8.54. The third-order valence-corrected chi connectivity index (χ3v) is 9.49. The van der Waals surface area contributed by atoms with Crippen molar-refractivity contribution in [3.05, 3.63) is 107 Å². The molecular formula is C35H45N3O2S. The lowest BCUT2D eigenvalue weighted by Crippen LogP contribution is -2.60. The highest BCUT2D eigenvalue weighted by molar-refractivity contribution is 8.03. The highest BCUT2D eigenvalue weighted by Gasteiger charge is 2.36. The summed E-state index contributed by atoms with van der Waals surface area (Å²) in [6.45, 7) is 9.50. The summed E-state index contributed by atoms with van der Waals surface area (Å²) < 4.78 is 0. The highest BCUT2D eigenvalue weighted by atomic mass is 32.2. The quantitative estimate of drug-likeness (QED) is 0.157. The zero-order chi connectivity index (χ0) is 29.0. The molecule has 6 heteroatoms. The minimum atomic E-state index is -0.445. The predicted octanol–water partition coefficient (Wildman–Crippen LogP) is 6.33. The van der Waals surface area contributed by atoms with Gasteiger partial charge in [-0.2, -0.15) is 0 Å². The van der Waals surface area contributed by atoms with Gasteiger partial charge in [0, 0.05) is 38.5 Å². The van der Waals surface area contributed by atoms with E-state index in [2.05, 4.69) is 59.7 Å². The van der Waals surface area contributed by atoms with E-state index >= 15 is 0 Å². The zero-order valence-corrected chi connectivity index (χ0v) is 25.5. The summed E-state index contributed by atoms with van der Waals surface area (Å²) in [5.74, 6) is 1.08. The van der Waals surface area contributed by atoms with Gasteiger partial charge in [0.2, 0.25) is 5.91 Å². The summed E-state index contributed by atoms with van der Waals surface area (Å²) in [5, 5.41) is 0.